The van der Waals surface area contributed by atoms with E-state index in [0.717, 1.165) is 17.6 Å². The highest BCUT2D eigenvalue weighted by atomic mass is 32.1. The first-order valence-electron chi connectivity index (χ1n) is 6.89. The van der Waals surface area contributed by atoms with E-state index in [1.54, 1.807) is 11.3 Å². The summed E-state index contributed by atoms with van der Waals surface area (Å²) in [5.41, 5.74) is 0. The molecule has 1 heterocycles. The number of nitrogens with one attached hydrogen (secondary N) is 1. The lowest BCUT2D eigenvalue weighted by atomic mass is 10.0. The number of unbranched alkanes of at least 4 members (excludes halogenated alkanes) is 1. The van der Waals surface area contributed by atoms with Gasteiger partial charge in [0.2, 0.25) is 0 Å². The smallest absolute Gasteiger partial charge is 0.131 e. The second kappa shape index (κ2) is 6.45. The predicted molar refractivity (Wildman–Crippen MR) is 72.3 cm³/mol. The molecule has 96 valence electrons. The second-order valence-corrected chi connectivity index (χ2v) is 6.03. The molecule has 17 heavy (non-hydrogen) atoms. The molecule has 1 aromatic heterocycles. The fourth-order valence-corrected chi connectivity index (χ4v) is 2.99. The van der Waals surface area contributed by atoms with Gasteiger partial charge in [-0.2, -0.15) is 0 Å². The van der Waals surface area contributed by atoms with Crippen LogP contribution in [0.25, 0.3) is 0 Å². The summed E-state index contributed by atoms with van der Waals surface area (Å²) in [4.78, 5) is 0. The fourth-order valence-electron chi connectivity index (χ4n) is 1.97. The quantitative estimate of drug-likeness (QED) is 0.771. The Labute approximate surface area is 108 Å². The van der Waals surface area contributed by atoms with Crippen molar-refractivity contribution in [2.45, 2.75) is 70.9 Å². The Morgan fingerprint density at radius 3 is 2.82 bits per heavy atom. The van der Waals surface area contributed by atoms with E-state index in [0.29, 0.717) is 5.92 Å². The Morgan fingerprint density at radius 1 is 1.35 bits per heavy atom. The molecule has 1 aliphatic rings. The van der Waals surface area contributed by atoms with E-state index in [1.165, 1.54) is 43.5 Å². The van der Waals surface area contributed by atoms with Gasteiger partial charge in [-0.25, -0.2) is 0 Å². The summed E-state index contributed by atoms with van der Waals surface area (Å²) >= 11 is 1.80. The van der Waals surface area contributed by atoms with Crippen LogP contribution in [0.3, 0.4) is 0 Å². The minimum Gasteiger partial charge on any atom is -0.308 e. The van der Waals surface area contributed by atoms with Crippen LogP contribution in [-0.4, -0.2) is 16.2 Å². The largest absolute Gasteiger partial charge is 0.308 e. The van der Waals surface area contributed by atoms with E-state index < -0.39 is 0 Å². The molecule has 0 radical (unpaired) electrons. The van der Waals surface area contributed by atoms with Gasteiger partial charge in [-0.15, -0.1) is 10.2 Å². The van der Waals surface area contributed by atoms with E-state index in [9.17, 15) is 0 Å². The molecule has 1 N–H and O–H groups in total. The minimum absolute atomic E-state index is 0.627. The van der Waals surface area contributed by atoms with Crippen LogP contribution in [0.15, 0.2) is 0 Å². The SMILES string of the molecule is CCCCC(CC)c1nnc(CNC2CC2)s1. The zero-order valence-electron chi connectivity index (χ0n) is 10.9. The lowest BCUT2D eigenvalue weighted by molar-refractivity contribution is 0.562. The molecule has 1 fully saturated rings. The Kier molecular flexibility index (Phi) is 4.92. The molecular weight excluding hydrogens is 230 g/mol. The Morgan fingerprint density at radius 2 is 2.18 bits per heavy atom. The molecule has 0 aromatic carbocycles. The average Bonchev–Trinajstić information content (AvgIpc) is 3.07. The van der Waals surface area contributed by atoms with Crippen molar-refractivity contribution in [2.75, 3.05) is 0 Å². The van der Waals surface area contributed by atoms with Crippen LogP contribution in [0, 0.1) is 0 Å². The highest BCUT2D eigenvalue weighted by Gasteiger charge is 2.21. The van der Waals surface area contributed by atoms with Crippen molar-refractivity contribution in [1.29, 1.82) is 0 Å². The van der Waals surface area contributed by atoms with Gasteiger partial charge in [0, 0.05) is 18.5 Å². The van der Waals surface area contributed by atoms with Crippen LogP contribution in [0.5, 0.6) is 0 Å². The molecule has 0 aliphatic heterocycles. The molecule has 1 unspecified atom stereocenters. The molecule has 0 saturated heterocycles. The van der Waals surface area contributed by atoms with Gasteiger partial charge in [-0.05, 0) is 25.7 Å². The molecule has 1 aliphatic carbocycles. The Hall–Kier alpha value is -0.480. The Bertz CT molecular complexity index is 333. The van der Waals surface area contributed by atoms with Crippen molar-refractivity contribution < 1.29 is 0 Å². The first kappa shape index (κ1) is 13.0. The van der Waals surface area contributed by atoms with Gasteiger partial charge in [0.05, 0.1) is 0 Å². The number of rotatable bonds is 8. The van der Waals surface area contributed by atoms with Crippen molar-refractivity contribution in [1.82, 2.24) is 15.5 Å². The van der Waals surface area contributed by atoms with E-state index in [1.807, 2.05) is 0 Å². The molecule has 0 amide bonds. The highest BCUT2D eigenvalue weighted by Crippen LogP contribution is 2.28. The fraction of sp³-hybridized carbons (Fsp3) is 0.846. The van der Waals surface area contributed by atoms with Crippen molar-refractivity contribution in [2.24, 2.45) is 0 Å². The van der Waals surface area contributed by atoms with Gasteiger partial charge < -0.3 is 5.32 Å². The van der Waals surface area contributed by atoms with Crippen LogP contribution in [-0.2, 0) is 6.54 Å². The van der Waals surface area contributed by atoms with E-state index >= 15 is 0 Å². The molecule has 1 atom stereocenters. The molecule has 0 bridgehead atoms. The molecule has 0 spiro atoms. The third-order valence-corrected chi connectivity index (χ3v) is 4.44. The maximum absolute atomic E-state index is 4.37. The second-order valence-electron chi connectivity index (χ2n) is 4.94. The molecule has 4 heteroatoms. The third kappa shape index (κ3) is 4.03. The molecule has 1 saturated carbocycles. The van der Waals surface area contributed by atoms with Gasteiger partial charge in [0.25, 0.3) is 0 Å². The van der Waals surface area contributed by atoms with Crippen LogP contribution >= 0.6 is 11.3 Å². The van der Waals surface area contributed by atoms with Gasteiger partial charge >= 0.3 is 0 Å². The number of aromatic nitrogens is 2. The van der Waals surface area contributed by atoms with Crippen LogP contribution in [0.2, 0.25) is 0 Å². The van der Waals surface area contributed by atoms with Crippen molar-refractivity contribution in [3.8, 4) is 0 Å². The zero-order valence-corrected chi connectivity index (χ0v) is 11.7. The summed E-state index contributed by atoms with van der Waals surface area (Å²) < 4.78 is 0. The lowest BCUT2D eigenvalue weighted by Gasteiger charge is -2.09. The van der Waals surface area contributed by atoms with E-state index in [2.05, 4.69) is 29.4 Å². The van der Waals surface area contributed by atoms with E-state index in [4.69, 9.17) is 0 Å². The summed E-state index contributed by atoms with van der Waals surface area (Å²) in [6.07, 6.45) is 7.68. The normalized spacial score (nSPS) is 17.3. The van der Waals surface area contributed by atoms with Crippen LogP contribution < -0.4 is 5.32 Å². The van der Waals surface area contributed by atoms with Crippen LogP contribution in [0.1, 0.15) is 68.3 Å². The minimum atomic E-state index is 0.627. The summed E-state index contributed by atoms with van der Waals surface area (Å²) in [5, 5.41) is 14.6. The monoisotopic (exact) mass is 253 g/mol. The van der Waals surface area contributed by atoms with Crippen molar-refractivity contribution >= 4 is 11.3 Å². The summed E-state index contributed by atoms with van der Waals surface area (Å²) in [6, 6.07) is 0.754. The van der Waals surface area contributed by atoms with Gasteiger partial charge in [-0.1, -0.05) is 38.0 Å². The number of hydrogen-bond donors (Lipinski definition) is 1. The Balaban J connectivity index is 1.85. The summed E-state index contributed by atoms with van der Waals surface area (Å²) in [7, 11) is 0. The van der Waals surface area contributed by atoms with Crippen molar-refractivity contribution in [3.05, 3.63) is 10.0 Å². The first-order chi connectivity index (χ1) is 8.33. The van der Waals surface area contributed by atoms with Gasteiger partial charge in [0.1, 0.15) is 10.0 Å². The summed E-state index contributed by atoms with van der Waals surface area (Å²) in [5.74, 6) is 0.627. The molecule has 2 rings (SSSR count). The van der Waals surface area contributed by atoms with Crippen molar-refractivity contribution in [3.63, 3.8) is 0 Å². The van der Waals surface area contributed by atoms with Gasteiger partial charge in [0.15, 0.2) is 0 Å². The molecule has 1 aromatic rings. The predicted octanol–water partition coefficient (Wildman–Crippen LogP) is 3.47. The average molecular weight is 253 g/mol. The highest BCUT2D eigenvalue weighted by molar-refractivity contribution is 7.11. The molecular formula is C13H23N3S. The zero-order chi connectivity index (χ0) is 12.1. The lowest BCUT2D eigenvalue weighted by Crippen LogP contribution is -2.14. The maximum Gasteiger partial charge on any atom is 0.131 e. The van der Waals surface area contributed by atoms with Gasteiger partial charge in [-0.3, -0.25) is 0 Å². The summed E-state index contributed by atoms with van der Waals surface area (Å²) in [6.45, 7) is 5.41. The molecule has 3 nitrogen and oxygen atoms in total. The topological polar surface area (TPSA) is 37.8 Å². The maximum atomic E-state index is 4.37. The number of hydrogen-bond acceptors (Lipinski definition) is 4. The standard InChI is InChI=1S/C13H23N3S/c1-3-5-6-10(4-2)13-16-15-12(17-13)9-14-11-7-8-11/h10-11,14H,3-9H2,1-2H3. The van der Waals surface area contributed by atoms with E-state index in [-0.39, 0.29) is 0 Å². The number of nitrogens with zero attached hydrogens (tertiary/aromatic N) is 2. The third-order valence-electron chi connectivity index (χ3n) is 3.35. The van der Waals surface area contributed by atoms with Crippen LogP contribution in [0.4, 0.5) is 0 Å². The first-order valence-corrected chi connectivity index (χ1v) is 7.70.